The molecule has 0 saturated heterocycles. The van der Waals surface area contributed by atoms with Gasteiger partial charge in [0.1, 0.15) is 0 Å². The molecule has 112 valence electrons. The van der Waals surface area contributed by atoms with Crippen LogP contribution in [-0.2, 0) is 0 Å². The summed E-state index contributed by atoms with van der Waals surface area (Å²) in [6.07, 6.45) is 16.3. The molecule has 0 aromatic heterocycles. The van der Waals surface area contributed by atoms with Gasteiger partial charge in [-0.05, 0) is 61.2 Å². The number of hydrogen-bond donors (Lipinski definition) is 0. The molecule has 0 radical (unpaired) electrons. The van der Waals surface area contributed by atoms with Crippen molar-refractivity contribution in [3.63, 3.8) is 0 Å². The molecule has 2 unspecified atom stereocenters. The second-order valence-electron chi connectivity index (χ2n) is 9.09. The fraction of sp³-hybridized carbons (Fsp3) is 1.00. The van der Waals surface area contributed by atoms with E-state index in [0.717, 1.165) is 11.8 Å². The Balaban J connectivity index is 1.86. The van der Waals surface area contributed by atoms with Gasteiger partial charge in [0.2, 0.25) is 0 Å². The molecule has 2 fully saturated rings. The van der Waals surface area contributed by atoms with E-state index >= 15 is 0 Å². The monoisotopic (exact) mass is 264 g/mol. The van der Waals surface area contributed by atoms with Crippen molar-refractivity contribution < 1.29 is 0 Å². The summed E-state index contributed by atoms with van der Waals surface area (Å²) in [7, 11) is 0. The molecular weight excluding hydrogens is 228 g/mol. The third kappa shape index (κ3) is 5.48. The summed E-state index contributed by atoms with van der Waals surface area (Å²) in [4.78, 5) is 0. The molecule has 0 amide bonds. The molecule has 0 aromatic carbocycles. The van der Waals surface area contributed by atoms with E-state index in [1.165, 1.54) is 64.2 Å². The summed E-state index contributed by atoms with van der Waals surface area (Å²) >= 11 is 0. The summed E-state index contributed by atoms with van der Waals surface area (Å²) in [6.45, 7) is 10.0. The highest BCUT2D eigenvalue weighted by molar-refractivity contribution is 4.91. The Morgan fingerprint density at radius 2 is 1.21 bits per heavy atom. The van der Waals surface area contributed by atoms with E-state index in [2.05, 4.69) is 27.7 Å². The summed E-state index contributed by atoms with van der Waals surface area (Å²) in [5.74, 6) is 2.16. The van der Waals surface area contributed by atoms with E-state index in [0.29, 0.717) is 10.8 Å². The van der Waals surface area contributed by atoms with Crippen molar-refractivity contribution >= 4 is 0 Å². The maximum absolute atomic E-state index is 2.51. The minimum absolute atomic E-state index is 0.604. The molecule has 0 bridgehead atoms. The molecule has 2 aliphatic carbocycles. The highest BCUT2D eigenvalue weighted by atomic mass is 14.5. The second kappa shape index (κ2) is 6.19. The normalized spacial score (nSPS) is 36.0. The van der Waals surface area contributed by atoms with Crippen molar-refractivity contribution in [2.24, 2.45) is 22.7 Å². The van der Waals surface area contributed by atoms with E-state index < -0.39 is 0 Å². The van der Waals surface area contributed by atoms with E-state index in [1.54, 1.807) is 6.42 Å². The zero-order chi connectivity index (χ0) is 13.9. The zero-order valence-electron chi connectivity index (χ0n) is 13.9. The average Bonchev–Trinajstić information content (AvgIpc) is 3.02. The highest BCUT2D eigenvalue weighted by Crippen LogP contribution is 2.51. The molecule has 2 atom stereocenters. The van der Waals surface area contributed by atoms with E-state index in [-0.39, 0.29) is 0 Å². The number of fused-ring (bicyclic) bond motifs is 1. The average molecular weight is 264 g/mol. The van der Waals surface area contributed by atoms with Gasteiger partial charge < -0.3 is 0 Å². The van der Waals surface area contributed by atoms with Gasteiger partial charge in [-0.1, -0.05) is 59.8 Å². The lowest BCUT2D eigenvalue weighted by molar-refractivity contribution is 0.249. The van der Waals surface area contributed by atoms with Crippen molar-refractivity contribution in [1.82, 2.24) is 0 Å². The van der Waals surface area contributed by atoms with Crippen LogP contribution in [0.5, 0.6) is 0 Å². The molecule has 0 heteroatoms. The largest absolute Gasteiger partial charge is 0.0599 e. The smallest absolute Gasteiger partial charge is 0.0351 e. The van der Waals surface area contributed by atoms with Crippen LogP contribution >= 0.6 is 0 Å². The molecule has 2 saturated carbocycles. The van der Waals surface area contributed by atoms with Crippen LogP contribution < -0.4 is 0 Å². The van der Waals surface area contributed by atoms with Crippen LogP contribution in [0.25, 0.3) is 0 Å². The van der Waals surface area contributed by atoms with Crippen LogP contribution in [0.4, 0.5) is 0 Å². The Bertz CT molecular complexity index is 274. The Morgan fingerprint density at radius 1 is 0.632 bits per heavy atom. The molecule has 0 heterocycles. The molecule has 0 nitrogen and oxygen atoms in total. The van der Waals surface area contributed by atoms with Gasteiger partial charge in [0.25, 0.3) is 0 Å². The molecule has 0 spiro atoms. The lowest BCUT2D eigenvalue weighted by Crippen LogP contribution is -2.14. The first-order chi connectivity index (χ1) is 8.88. The molecule has 0 aromatic rings. The first-order valence-electron chi connectivity index (χ1n) is 8.88. The zero-order valence-corrected chi connectivity index (χ0v) is 13.9. The van der Waals surface area contributed by atoms with Crippen LogP contribution in [0.3, 0.4) is 0 Å². The fourth-order valence-electron chi connectivity index (χ4n) is 4.16. The van der Waals surface area contributed by atoms with Gasteiger partial charge in [0.15, 0.2) is 0 Å². The summed E-state index contributed by atoms with van der Waals surface area (Å²) in [6, 6.07) is 0. The molecule has 2 rings (SSSR count). The first-order valence-corrected chi connectivity index (χ1v) is 8.88. The van der Waals surface area contributed by atoms with Crippen LogP contribution in [0.1, 0.15) is 98.3 Å². The summed E-state index contributed by atoms with van der Waals surface area (Å²) < 4.78 is 0. The molecule has 2 aliphatic rings. The van der Waals surface area contributed by atoms with Crippen LogP contribution in [-0.4, -0.2) is 0 Å². The second-order valence-corrected chi connectivity index (χ2v) is 9.09. The van der Waals surface area contributed by atoms with Crippen LogP contribution in [0, 0.1) is 22.7 Å². The highest BCUT2D eigenvalue weighted by Gasteiger charge is 2.40. The van der Waals surface area contributed by atoms with Gasteiger partial charge in [-0.15, -0.1) is 0 Å². The lowest BCUT2D eigenvalue weighted by atomic mass is 9.79. The SMILES string of the molecule is CC1(C)CCCCCCCC(C)(C)CC2CC2CC1. The van der Waals surface area contributed by atoms with Crippen LogP contribution in [0.15, 0.2) is 0 Å². The maximum atomic E-state index is 2.51. The fourth-order valence-corrected chi connectivity index (χ4v) is 4.16. The van der Waals surface area contributed by atoms with Gasteiger partial charge in [0.05, 0.1) is 0 Å². The number of rotatable bonds is 0. The quantitative estimate of drug-likeness (QED) is 0.463. The Kier molecular flexibility index (Phi) is 5.01. The minimum atomic E-state index is 0.604. The standard InChI is InChI=1S/C19H36/c1-18(2)11-8-6-5-7-9-12-19(3,4)15-17-14-16(17)10-13-18/h16-17H,5-15H2,1-4H3. The van der Waals surface area contributed by atoms with Crippen molar-refractivity contribution in [2.45, 2.75) is 98.3 Å². The third-order valence-electron chi connectivity index (χ3n) is 5.78. The summed E-state index contributed by atoms with van der Waals surface area (Å²) in [5.41, 5.74) is 1.21. The maximum Gasteiger partial charge on any atom is -0.0351 e. The number of hydrogen-bond acceptors (Lipinski definition) is 0. The van der Waals surface area contributed by atoms with Gasteiger partial charge >= 0.3 is 0 Å². The first kappa shape index (κ1) is 15.4. The van der Waals surface area contributed by atoms with Crippen LogP contribution in [0.2, 0.25) is 0 Å². The van der Waals surface area contributed by atoms with Crippen molar-refractivity contribution in [1.29, 1.82) is 0 Å². The van der Waals surface area contributed by atoms with Crippen molar-refractivity contribution in [3.05, 3.63) is 0 Å². The van der Waals surface area contributed by atoms with E-state index in [1.807, 2.05) is 0 Å². The topological polar surface area (TPSA) is 0 Å². The van der Waals surface area contributed by atoms with Crippen molar-refractivity contribution in [2.75, 3.05) is 0 Å². The molecule has 0 aliphatic heterocycles. The minimum Gasteiger partial charge on any atom is -0.0599 e. The Morgan fingerprint density at radius 3 is 1.89 bits per heavy atom. The molecule has 0 N–H and O–H groups in total. The third-order valence-corrected chi connectivity index (χ3v) is 5.78. The molecular formula is C19H36. The van der Waals surface area contributed by atoms with E-state index in [4.69, 9.17) is 0 Å². The predicted molar refractivity (Wildman–Crippen MR) is 85.3 cm³/mol. The lowest BCUT2D eigenvalue weighted by Gasteiger charge is -2.27. The predicted octanol–water partition coefficient (Wildman–Crippen LogP) is 6.59. The van der Waals surface area contributed by atoms with Gasteiger partial charge in [0, 0.05) is 0 Å². The Labute approximate surface area is 121 Å². The van der Waals surface area contributed by atoms with Gasteiger partial charge in [-0.2, -0.15) is 0 Å². The summed E-state index contributed by atoms with van der Waals surface area (Å²) in [5, 5.41) is 0. The van der Waals surface area contributed by atoms with Crippen molar-refractivity contribution in [3.8, 4) is 0 Å². The Hall–Kier alpha value is 0. The van der Waals surface area contributed by atoms with E-state index in [9.17, 15) is 0 Å². The van der Waals surface area contributed by atoms with Gasteiger partial charge in [-0.3, -0.25) is 0 Å². The molecule has 19 heavy (non-hydrogen) atoms. The van der Waals surface area contributed by atoms with Gasteiger partial charge in [-0.25, -0.2) is 0 Å².